The molecule has 0 bridgehead atoms. The summed E-state index contributed by atoms with van der Waals surface area (Å²) in [5, 5.41) is 11.7. The molecule has 20 heavy (non-hydrogen) atoms. The third-order valence-corrected chi connectivity index (χ3v) is 2.68. The number of carbonyl (C=O) groups is 2. The standard InChI is InChI=1S/C14H13N3O3/c1-8-6-9(4-5-16-8)13(18)17-12-3-2-10(15)7-11(12)14(19)20/h2-7H,15H2,1H3,(H,17,18)(H,19,20). The van der Waals surface area contributed by atoms with Crippen molar-refractivity contribution in [3.05, 3.63) is 53.3 Å². The van der Waals surface area contributed by atoms with Gasteiger partial charge in [0, 0.05) is 23.1 Å². The van der Waals surface area contributed by atoms with E-state index in [1.165, 1.54) is 24.4 Å². The molecule has 102 valence electrons. The highest BCUT2D eigenvalue weighted by molar-refractivity contribution is 6.08. The summed E-state index contributed by atoms with van der Waals surface area (Å²) < 4.78 is 0. The third-order valence-electron chi connectivity index (χ3n) is 2.68. The summed E-state index contributed by atoms with van der Waals surface area (Å²) in [6.07, 6.45) is 1.52. The molecule has 6 nitrogen and oxygen atoms in total. The van der Waals surface area contributed by atoms with Crippen molar-refractivity contribution in [3.63, 3.8) is 0 Å². The van der Waals surface area contributed by atoms with Crippen molar-refractivity contribution in [1.29, 1.82) is 0 Å². The quantitative estimate of drug-likeness (QED) is 0.739. The van der Waals surface area contributed by atoms with Gasteiger partial charge < -0.3 is 16.2 Å². The Morgan fingerprint density at radius 3 is 2.65 bits per heavy atom. The first-order valence-corrected chi connectivity index (χ1v) is 5.84. The molecular formula is C14H13N3O3. The number of aryl methyl sites for hydroxylation is 1. The van der Waals surface area contributed by atoms with E-state index >= 15 is 0 Å². The van der Waals surface area contributed by atoms with Crippen LogP contribution in [0.3, 0.4) is 0 Å². The first kappa shape index (κ1) is 13.5. The first-order valence-electron chi connectivity index (χ1n) is 5.84. The zero-order chi connectivity index (χ0) is 14.7. The van der Waals surface area contributed by atoms with Crippen LogP contribution in [0.5, 0.6) is 0 Å². The Labute approximate surface area is 115 Å². The van der Waals surface area contributed by atoms with E-state index in [0.29, 0.717) is 16.9 Å². The van der Waals surface area contributed by atoms with Gasteiger partial charge in [0.05, 0.1) is 11.3 Å². The van der Waals surface area contributed by atoms with Crippen LogP contribution in [0.2, 0.25) is 0 Å². The predicted octanol–water partition coefficient (Wildman–Crippen LogP) is 1.92. The van der Waals surface area contributed by atoms with E-state index in [1.807, 2.05) is 0 Å². The summed E-state index contributed by atoms with van der Waals surface area (Å²) >= 11 is 0. The normalized spacial score (nSPS) is 10.1. The van der Waals surface area contributed by atoms with Crippen LogP contribution in [0.4, 0.5) is 11.4 Å². The number of aromatic carboxylic acids is 1. The van der Waals surface area contributed by atoms with Gasteiger partial charge in [-0.15, -0.1) is 0 Å². The minimum Gasteiger partial charge on any atom is -0.478 e. The van der Waals surface area contributed by atoms with Crippen molar-refractivity contribution < 1.29 is 14.7 Å². The second kappa shape index (κ2) is 5.40. The van der Waals surface area contributed by atoms with Crippen LogP contribution in [0, 0.1) is 6.92 Å². The lowest BCUT2D eigenvalue weighted by Crippen LogP contribution is -2.15. The molecule has 2 aromatic rings. The molecule has 0 saturated carbocycles. The van der Waals surface area contributed by atoms with Gasteiger partial charge in [0.1, 0.15) is 0 Å². The lowest BCUT2D eigenvalue weighted by Gasteiger charge is -2.09. The van der Waals surface area contributed by atoms with Gasteiger partial charge in [-0.25, -0.2) is 4.79 Å². The number of nitrogen functional groups attached to an aromatic ring is 1. The lowest BCUT2D eigenvalue weighted by molar-refractivity contribution is 0.0698. The van der Waals surface area contributed by atoms with Gasteiger partial charge in [-0.3, -0.25) is 9.78 Å². The highest BCUT2D eigenvalue weighted by Crippen LogP contribution is 2.19. The van der Waals surface area contributed by atoms with Crippen molar-refractivity contribution >= 4 is 23.3 Å². The van der Waals surface area contributed by atoms with Crippen LogP contribution in [0.25, 0.3) is 0 Å². The molecular weight excluding hydrogens is 258 g/mol. The van der Waals surface area contributed by atoms with Crippen molar-refractivity contribution in [2.75, 3.05) is 11.1 Å². The molecule has 1 amide bonds. The minimum absolute atomic E-state index is 0.0517. The molecule has 1 aromatic heterocycles. The molecule has 0 atom stereocenters. The van der Waals surface area contributed by atoms with Gasteiger partial charge in [-0.05, 0) is 37.3 Å². The van der Waals surface area contributed by atoms with Crippen LogP contribution in [0.15, 0.2) is 36.5 Å². The Kier molecular flexibility index (Phi) is 3.65. The van der Waals surface area contributed by atoms with E-state index in [4.69, 9.17) is 10.8 Å². The summed E-state index contributed by atoms with van der Waals surface area (Å²) in [7, 11) is 0. The molecule has 0 spiro atoms. The van der Waals surface area contributed by atoms with Crippen molar-refractivity contribution in [1.82, 2.24) is 4.98 Å². The molecule has 0 fully saturated rings. The molecule has 4 N–H and O–H groups in total. The van der Waals surface area contributed by atoms with Gasteiger partial charge in [-0.2, -0.15) is 0 Å². The highest BCUT2D eigenvalue weighted by atomic mass is 16.4. The predicted molar refractivity (Wildman–Crippen MR) is 74.7 cm³/mol. The summed E-state index contributed by atoms with van der Waals surface area (Å²) in [5.74, 6) is -1.55. The fourth-order valence-corrected chi connectivity index (χ4v) is 1.73. The number of nitrogens with zero attached hydrogens (tertiary/aromatic N) is 1. The molecule has 0 aliphatic rings. The van der Waals surface area contributed by atoms with Gasteiger partial charge in [0.25, 0.3) is 5.91 Å². The van der Waals surface area contributed by atoms with E-state index in [0.717, 1.165) is 0 Å². The number of rotatable bonds is 3. The average molecular weight is 271 g/mol. The summed E-state index contributed by atoms with van der Waals surface area (Å²) in [6.45, 7) is 1.77. The van der Waals surface area contributed by atoms with E-state index in [1.54, 1.807) is 19.1 Å². The Balaban J connectivity index is 2.30. The van der Waals surface area contributed by atoms with Gasteiger partial charge in [0.15, 0.2) is 0 Å². The molecule has 0 aliphatic heterocycles. The van der Waals surface area contributed by atoms with Crippen LogP contribution in [-0.2, 0) is 0 Å². The average Bonchev–Trinajstić information content (AvgIpc) is 2.40. The van der Waals surface area contributed by atoms with Crippen molar-refractivity contribution in [2.24, 2.45) is 0 Å². The molecule has 1 heterocycles. The molecule has 6 heteroatoms. The van der Waals surface area contributed by atoms with Gasteiger partial charge in [-0.1, -0.05) is 0 Å². The van der Waals surface area contributed by atoms with Gasteiger partial charge in [0.2, 0.25) is 0 Å². The van der Waals surface area contributed by atoms with Crippen LogP contribution in [0.1, 0.15) is 26.4 Å². The number of nitrogens with one attached hydrogen (secondary N) is 1. The molecule has 1 aromatic carbocycles. The third kappa shape index (κ3) is 2.92. The van der Waals surface area contributed by atoms with Gasteiger partial charge >= 0.3 is 5.97 Å². The number of amides is 1. The monoisotopic (exact) mass is 271 g/mol. The van der Waals surface area contributed by atoms with Crippen LogP contribution in [-0.4, -0.2) is 22.0 Å². The summed E-state index contributed by atoms with van der Waals surface area (Å²) in [4.78, 5) is 27.2. The van der Waals surface area contributed by atoms with Crippen LogP contribution < -0.4 is 11.1 Å². The van der Waals surface area contributed by atoms with Crippen molar-refractivity contribution in [2.45, 2.75) is 6.92 Å². The smallest absolute Gasteiger partial charge is 0.337 e. The second-order valence-electron chi connectivity index (χ2n) is 4.25. The molecule has 0 aliphatic carbocycles. The Morgan fingerprint density at radius 2 is 2.00 bits per heavy atom. The number of nitrogens with two attached hydrogens (primary N) is 1. The number of carboxylic acid groups (broad SMARTS) is 1. The molecule has 0 unspecified atom stereocenters. The Morgan fingerprint density at radius 1 is 1.25 bits per heavy atom. The zero-order valence-corrected chi connectivity index (χ0v) is 10.8. The number of carbonyl (C=O) groups excluding carboxylic acids is 1. The number of pyridine rings is 1. The SMILES string of the molecule is Cc1cc(C(=O)Nc2ccc(N)cc2C(=O)O)ccn1. The van der Waals surface area contributed by atoms with E-state index in [9.17, 15) is 9.59 Å². The zero-order valence-electron chi connectivity index (χ0n) is 10.8. The largest absolute Gasteiger partial charge is 0.478 e. The molecule has 0 radical (unpaired) electrons. The maximum Gasteiger partial charge on any atom is 0.337 e. The van der Waals surface area contributed by atoms with E-state index < -0.39 is 11.9 Å². The fourth-order valence-electron chi connectivity index (χ4n) is 1.73. The molecule has 0 saturated heterocycles. The highest BCUT2D eigenvalue weighted by Gasteiger charge is 2.14. The second-order valence-corrected chi connectivity index (χ2v) is 4.25. The molecule has 2 rings (SSSR count). The number of hydrogen-bond donors (Lipinski definition) is 3. The topological polar surface area (TPSA) is 105 Å². The maximum absolute atomic E-state index is 12.1. The summed E-state index contributed by atoms with van der Waals surface area (Å²) in [6, 6.07) is 7.47. The fraction of sp³-hybridized carbons (Fsp3) is 0.0714. The number of hydrogen-bond acceptors (Lipinski definition) is 4. The number of benzene rings is 1. The first-order chi connectivity index (χ1) is 9.47. The minimum atomic E-state index is -1.15. The lowest BCUT2D eigenvalue weighted by atomic mass is 10.1. The van der Waals surface area contributed by atoms with Crippen molar-refractivity contribution in [3.8, 4) is 0 Å². The van der Waals surface area contributed by atoms with E-state index in [2.05, 4.69) is 10.3 Å². The van der Waals surface area contributed by atoms with E-state index in [-0.39, 0.29) is 11.3 Å². The maximum atomic E-state index is 12.1. The van der Waals surface area contributed by atoms with Crippen LogP contribution >= 0.6 is 0 Å². The number of carboxylic acids is 1. The number of aromatic nitrogens is 1. The number of anilines is 2. The summed E-state index contributed by atoms with van der Waals surface area (Å²) in [5.41, 5.74) is 7.12. The Hall–Kier alpha value is -2.89. The Bertz CT molecular complexity index is 683.